The lowest BCUT2D eigenvalue weighted by Crippen LogP contribution is -2.40. The Kier molecular flexibility index (Phi) is 5.45. The molecule has 0 bridgehead atoms. The summed E-state index contributed by atoms with van der Waals surface area (Å²) in [5, 5.41) is 0. The summed E-state index contributed by atoms with van der Waals surface area (Å²) in [6.45, 7) is 5.31. The van der Waals surface area contributed by atoms with Gasteiger partial charge in [0.05, 0.1) is 5.41 Å². The molecule has 1 aliphatic carbocycles. The van der Waals surface area contributed by atoms with Gasteiger partial charge in [-0.15, -0.1) is 6.58 Å². The van der Waals surface area contributed by atoms with Crippen LogP contribution in [0.3, 0.4) is 0 Å². The van der Waals surface area contributed by atoms with Gasteiger partial charge in [-0.1, -0.05) is 6.08 Å². The molecule has 100 valence electrons. The van der Waals surface area contributed by atoms with Gasteiger partial charge in [0.25, 0.3) is 0 Å². The highest BCUT2D eigenvalue weighted by Crippen LogP contribution is 2.34. The fraction of sp³-hybridized carbons (Fsp3) is 0.667. The Morgan fingerprint density at radius 3 is 2.44 bits per heavy atom. The largest absolute Gasteiger partial charge is 0.300 e. The number of hydrogen-bond donors (Lipinski definition) is 0. The molecule has 3 heteroatoms. The lowest BCUT2D eigenvalue weighted by molar-refractivity contribution is -0.143. The van der Waals surface area contributed by atoms with Crippen LogP contribution in [0.2, 0.25) is 0 Å². The first kappa shape index (κ1) is 14.8. The Labute approximate surface area is 109 Å². The van der Waals surface area contributed by atoms with Crippen LogP contribution in [0, 0.1) is 5.41 Å². The molecule has 18 heavy (non-hydrogen) atoms. The molecule has 1 aliphatic rings. The first-order valence-electron chi connectivity index (χ1n) is 6.70. The monoisotopic (exact) mass is 250 g/mol. The quantitative estimate of drug-likeness (QED) is 0.396. The van der Waals surface area contributed by atoms with Gasteiger partial charge >= 0.3 is 0 Å². The molecule has 1 saturated carbocycles. The maximum absolute atomic E-state index is 11.9. The van der Waals surface area contributed by atoms with Crippen LogP contribution in [0.25, 0.3) is 0 Å². The van der Waals surface area contributed by atoms with Crippen molar-refractivity contribution >= 4 is 17.3 Å². The molecule has 0 N–H and O–H groups in total. The van der Waals surface area contributed by atoms with Gasteiger partial charge in [0.15, 0.2) is 0 Å². The van der Waals surface area contributed by atoms with Gasteiger partial charge in [-0.3, -0.25) is 14.4 Å². The van der Waals surface area contributed by atoms with Crippen LogP contribution in [-0.2, 0) is 14.4 Å². The average Bonchev–Trinajstić information content (AvgIpc) is 2.34. The van der Waals surface area contributed by atoms with Gasteiger partial charge in [-0.25, -0.2) is 0 Å². The van der Waals surface area contributed by atoms with E-state index in [4.69, 9.17) is 0 Å². The molecule has 3 nitrogen and oxygen atoms in total. The minimum Gasteiger partial charge on any atom is -0.300 e. The Balaban J connectivity index is 2.45. The lowest BCUT2D eigenvalue weighted by atomic mass is 9.70. The van der Waals surface area contributed by atoms with Crippen molar-refractivity contribution in [2.24, 2.45) is 5.41 Å². The zero-order valence-electron chi connectivity index (χ0n) is 11.2. The van der Waals surface area contributed by atoms with E-state index < -0.39 is 5.41 Å². The van der Waals surface area contributed by atoms with Crippen molar-refractivity contribution in [3.63, 3.8) is 0 Å². The van der Waals surface area contributed by atoms with Crippen molar-refractivity contribution in [3.05, 3.63) is 12.7 Å². The predicted molar refractivity (Wildman–Crippen MR) is 70.3 cm³/mol. The van der Waals surface area contributed by atoms with E-state index in [9.17, 15) is 14.4 Å². The summed E-state index contributed by atoms with van der Waals surface area (Å²) in [4.78, 5) is 35.4. The van der Waals surface area contributed by atoms with Gasteiger partial charge in [0, 0.05) is 25.7 Å². The molecule has 0 unspecified atom stereocenters. The van der Waals surface area contributed by atoms with E-state index in [2.05, 4.69) is 6.58 Å². The zero-order chi connectivity index (χ0) is 13.6. The molecule has 0 atom stereocenters. The summed E-state index contributed by atoms with van der Waals surface area (Å²) < 4.78 is 0. The number of carbonyl (C=O) groups excluding carboxylic acids is 3. The van der Waals surface area contributed by atoms with Crippen molar-refractivity contribution in [1.82, 2.24) is 0 Å². The van der Waals surface area contributed by atoms with E-state index in [0.29, 0.717) is 38.5 Å². The number of allylic oxidation sites excluding steroid dienone is 1. The smallest absolute Gasteiger partial charge is 0.146 e. The second kappa shape index (κ2) is 6.62. The van der Waals surface area contributed by atoms with Crippen molar-refractivity contribution in [2.75, 3.05) is 0 Å². The molecule has 0 aromatic heterocycles. The topological polar surface area (TPSA) is 51.2 Å². The summed E-state index contributed by atoms with van der Waals surface area (Å²) in [5.74, 6) is 0.166. The second-order valence-electron chi connectivity index (χ2n) is 5.25. The lowest BCUT2D eigenvalue weighted by Gasteiger charge is -2.30. The van der Waals surface area contributed by atoms with Crippen LogP contribution in [-0.4, -0.2) is 17.3 Å². The highest BCUT2D eigenvalue weighted by atomic mass is 16.2. The molecular weight excluding hydrogens is 228 g/mol. The number of rotatable bonds is 7. The fourth-order valence-corrected chi connectivity index (χ4v) is 2.35. The third kappa shape index (κ3) is 3.62. The molecule has 0 saturated heterocycles. The third-order valence-corrected chi connectivity index (χ3v) is 3.81. The van der Waals surface area contributed by atoms with Crippen LogP contribution < -0.4 is 0 Å². The Hall–Kier alpha value is -1.25. The molecule has 1 rings (SSSR count). The summed E-state index contributed by atoms with van der Waals surface area (Å²) in [6, 6.07) is 0. The second-order valence-corrected chi connectivity index (χ2v) is 5.25. The minimum absolute atomic E-state index is 0.0117. The normalized spacial score (nSPS) is 18.7. The van der Waals surface area contributed by atoms with Gasteiger partial charge in [-0.2, -0.15) is 0 Å². The van der Waals surface area contributed by atoms with E-state index in [-0.39, 0.29) is 17.3 Å². The van der Waals surface area contributed by atoms with Crippen LogP contribution >= 0.6 is 0 Å². The maximum atomic E-state index is 11.9. The highest BCUT2D eigenvalue weighted by Gasteiger charge is 2.42. The summed E-state index contributed by atoms with van der Waals surface area (Å²) in [6.07, 6.45) is 6.30. The van der Waals surface area contributed by atoms with E-state index in [1.165, 1.54) is 0 Å². The minimum atomic E-state index is -0.896. The van der Waals surface area contributed by atoms with Gasteiger partial charge < -0.3 is 0 Å². The molecule has 0 aliphatic heterocycles. The van der Waals surface area contributed by atoms with Crippen molar-refractivity contribution in [3.8, 4) is 0 Å². The van der Waals surface area contributed by atoms with Crippen molar-refractivity contribution in [2.45, 2.75) is 58.3 Å². The van der Waals surface area contributed by atoms with E-state index in [1.54, 1.807) is 13.0 Å². The molecule has 0 aromatic rings. The van der Waals surface area contributed by atoms with Gasteiger partial charge in [-0.05, 0) is 32.6 Å². The molecule has 1 fully saturated rings. The predicted octanol–water partition coefficient (Wildman–Crippen LogP) is 3.02. The maximum Gasteiger partial charge on any atom is 0.146 e. The summed E-state index contributed by atoms with van der Waals surface area (Å²) in [7, 11) is 0. The van der Waals surface area contributed by atoms with Crippen molar-refractivity contribution < 1.29 is 14.4 Å². The summed E-state index contributed by atoms with van der Waals surface area (Å²) >= 11 is 0. The molecular formula is C15H22O3. The van der Waals surface area contributed by atoms with Crippen LogP contribution in [0.5, 0.6) is 0 Å². The summed E-state index contributed by atoms with van der Waals surface area (Å²) in [5.41, 5.74) is -0.896. The Morgan fingerprint density at radius 2 is 1.89 bits per heavy atom. The molecule has 0 spiro atoms. The van der Waals surface area contributed by atoms with E-state index >= 15 is 0 Å². The van der Waals surface area contributed by atoms with Crippen LogP contribution in [0.15, 0.2) is 12.7 Å². The van der Waals surface area contributed by atoms with E-state index in [0.717, 1.165) is 12.8 Å². The first-order chi connectivity index (χ1) is 8.50. The van der Waals surface area contributed by atoms with Crippen molar-refractivity contribution in [1.29, 1.82) is 0 Å². The molecule has 0 amide bonds. The Bertz CT molecular complexity index is 339. The highest BCUT2D eigenvalue weighted by molar-refractivity contribution is 6.08. The average molecular weight is 250 g/mol. The molecule has 0 aromatic carbocycles. The van der Waals surface area contributed by atoms with Gasteiger partial charge in [0.2, 0.25) is 0 Å². The van der Waals surface area contributed by atoms with Crippen LogP contribution in [0.4, 0.5) is 0 Å². The SMILES string of the molecule is C=CCCCC(=O)CCC1(C)C(=O)CCCC1=O. The number of hydrogen-bond acceptors (Lipinski definition) is 3. The third-order valence-electron chi connectivity index (χ3n) is 3.81. The standard InChI is InChI=1S/C15H22O3/c1-3-4-5-7-12(16)10-11-15(2)13(17)8-6-9-14(15)18/h3H,1,4-11H2,2H3. The molecule has 0 radical (unpaired) electrons. The first-order valence-corrected chi connectivity index (χ1v) is 6.70. The molecule has 0 heterocycles. The Morgan fingerprint density at radius 1 is 1.28 bits per heavy atom. The van der Waals surface area contributed by atoms with Gasteiger partial charge in [0.1, 0.15) is 17.3 Å². The fourth-order valence-electron chi connectivity index (χ4n) is 2.35. The zero-order valence-corrected chi connectivity index (χ0v) is 11.2. The number of Topliss-reactive ketones (excluding diaryl/α,β-unsaturated/α-hetero) is 3. The number of carbonyl (C=O) groups is 3. The number of unbranched alkanes of at least 4 members (excludes halogenated alkanes) is 1. The number of ketones is 3. The van der Waals surface area contributed by atoms with E-state index in [1.807, 2.05) is 0 Å². The van der Waals surface area contributed by atoms with Crippen LogP contribution in [0.1, 0.15) is 58.3 Å².